The molecule has 0 heterocycles. The third kappa shape index (κ3) is 9.96. The Balaban J connectivity index is 1.60. The van der Waals surface area contributed by atoms with Crippen molar-refractivity contribution in [1.29, 1.82) is 0 Å². The molecule has 1 N–H and O–H groups in total. The minimum Gasteiger partial charge on any atom is -0.492 e. The zero-order valence-corrected chi connectivity index (χ0v) is 27.7. The van der Waals surface area contributed by atoms with Crippen molar-refractivity contribution in [3.8, 4) is 5.75 Å². The van der Waals surface area contributed by atoms with Gasteiger partial charge in [-0.3, -0.25) is 13.9 Å². The molecule has 8 nitrogen and oxygen atoms in total. The average molecular weight is 654 g/mol. The van der Waals surface area contributed by atoms with Gasteiger partial charge in [0.05, 0.1) is 18.6 Å². The molecule has 1 aliphatic rings. The van der Waals surface area contributed by atoms with Crippen molar-refractivity contribution in [3.63, 3.8) is 0 Å². The number of nitrogens with one attached hydrogen (secondary N) is 1. The van der Waals surface area contributed by atoms with Gasteiger partial charge in [-0.05, 0) is 55.5 Å². The lowest BCUT2D eigenvalue weighted by Crippen LogP contribution is -2.53. The third-order valence-corrected chi connectivity index (χ3v) is 9.66. The number of hydrogen-bond acceptors (Lipinski definition) is 5. The largest absolute Gasteiger partial charge is 0.492 e. The summed E-state index contributed by atoms with van der Waals surface area (Å²) in [5, 5.41) is 3.75. The summed E-state index contributed by atoms with van der Waals surface area (Å²) in [5.74, 6) is 0.0233. The van der Waals surface area contributed by atoms with E-state index in [0.717, 1.165) is 49.5 Å². The summed E-state index contributed by atoms with van der Waals surface area (Å²) in [6.45, 7) is 2.45. The summed E-state index contributed by atoms with van der Waals surface area (Å²) in [5.41, 5.74) is 2.10. The van der Waals surface area contributed by atoms with Gasteiger partial charge in [0.15, 0.2) is 0 Å². The first kappa shape index (κ1) is 34.3. The van der Waals surface area contributed by atoms with Crippen molar-refractivity contribution in [2.24, 2.45) is 0 Å². The Kier molecular flexibility index (Phi) is 12.7. The number of amides is 2. The summed E-state index contributed by atoms with van der Waals surface area (Å²) in [6.07, 6.45) is 6.91. The number of hydrogen-bond donors (Lipinski definition) is 1. The van der Waals surface area contributed by atoms with Crippen LogP contribution in [-0.2, 0) is 32.6 Å². The summed E-state index contributed by atoms with van der Waals surface area (Å²) >= 11 is 6.55. The van der Waals surface area contributed by atoms with E-state index in [1.807, 2.05) is 55.5 Å². The van der Waals surface area contributed by atoms with Crippen LogP contribution in [0.4, 0.5) is 5.69 Å². The zero-order valence-electron chi connectivity index (χ0n) is 26.2. The lowest BCUT2D eigenvalue weighted by molar-refractivity contribution is -0.141. The van der Waals surface area contributed by atoms with Gasteiger partial charge in [0.1, 0.15) is 11.8 Å². The van der Waals surface area contributed by atoms with Gasteiger partial charge in [-0.1, -0.05) is 91.5 Å². The fourth-order valence-corrected chi connectivity index (χ4v) is 7.00. The minimum absolute atomic E-state index is 0.0370. The number of benzene rings is 3. The Hall–Kier alpha value is -3.56. The maximum Gasteiger partial charge on any atom is 0.243 e. The van der Waals surface area contributed by atoms with Gasteiger partial charge in [-0.2, -0.15) is 0 Å². The zero-order chi connectivity index (χ0) is 32.2. The highest BCUT2D eigenvalue weighted by molar-refractivity contribution is 7.92. The Labute approximate surface area is 272 Å². The van der Waals surface area contributed by atoms with E-state index in [1.54, 1.807) is 35.2 Å². The maximum absolute atomic E-state index is 14.1. The van der Waals surface area contributed by atoms with Crippen LogP contribution in [0.2, 0.25) is 5.02 Å². The van der Waals surface area contributed by atoms with Crippen LogP contribution in [0.25, 0.3) is 0 Å². The number of carbonyl (C=O) groups is 2. The highest BCUT2D eigenvalue weighted by Gasteiger charge is 2.32. The van der Waals surface area contributed by atoms with E-state index in [1.165, 1.54) is 4.31 Å². The lowest BCUT2D eigenvalue weighted by Gasteiger charge is -2.34. The van der Waals surface area contributed by atoms with Gasteiger partial charge < -0.3 is 15.0 Å². The van der Waals surface area contributed by atoms with E-state index in [9.17, 15) is 18.0 Å². The molecular weight excluding hydrogens is 610 g/mol. The topological polar surface area (TPSA) is 96.0 Å². The third-order valence-electron chi connectivity index (χ3n) is 8.11. The fraction of sp³-hybridized carbons (Fsp3) is 0.429. The second kappa shape index (κ2) is 16.7. The lowest BCUT2D eigenvalue weighted by atomic mass is 9.94. The van der Waals surface area contributed by atoms with Gasteiger partial charge >= 0.3 is 0 Å². The first-order chi connectivity index (χ1) is 21.7. The molecule has 1 saturated carbocycles. The monoisotopic (exact) mass is 653 g/mol. The molecule has 242 valence electrons. The van der Waals surface area contributed by atoms with Crippen molar-refractivity contribution in [2.75, 3.05) is 23.7 Å². The van der Waals surface area contributed by atoms with Crippen LogP contribution in [0.15, 0.2) is 78.9 Å². The second-order valence-corrected chi connectivity index (χ2v) is 13.8. The molecule has 1 atom stereocenters. The quantitative estimate of drug-likeness (QED) is 0.206. The molecule has 0 aliphatic heterocycles. The molecule has 3 aromatic rings. The summed E-state index contributed by atoms with van der Waals surface area (Å²) in [4.78, 5) is 29.7. The molecule has 0 unspecified atom stereocenters. The van der Waals surface area contributed by atoms with Crippen LogP contribution in [0.1, 0.15) is 63.0 Å². The van der Waals surface area contributed by atoms with Crippen LogP contribution in [-0.4, -0.2) is 56.6 Å². The van der Waals surface area contributed by atoms with Gasteiger partial charge in [0.25, 0.3) is 0 Å². The predicted octanol–water partition coefficient (Wildman–Crippen LogP) is 6.37. The minimum atomic E-state index is -3.67. The molecule has 3 aromatic carbocycles. The van der Waals surface area contributed by atoms with Crippen LogP contribution in [0, 0.1) is 0 Å². The van der Waals surface area contributed by atoms with Crippen LogP contribution in [0.3, 0.4) is 0 Å². The number of nitrogens with zero attached hydrogens (tertiary/aromatic N) is 2. The number of rotatable bonds is 15. The molecule has 45 heavy (non-hydrogen) atoms. The SMILES string of the molecule is CCOc1ccccc1N(CCCC(=O)N(Cc1ccccc1Cl)[C@H](Cc1ccccc1)C(=O)NC1CCCCC1)S(C)(=O)=O. The Morgan fingerprint density at radius 1 is 0.956 bits per heavy atom. The molecule has 1 fully saturated rings. The number of ether oxygens (including phenoxy) is 1. The molecule has 2 amide bonds. The summed E-state index contributed by atoms with van der Waals surface area (Å²) < 4.78 is 32.7. The first-order valence-corrected chi connectivity index (χ1v) is 18.0. The number of halogens is 1. The van der Waals surface area contributed by atoms with Crippen molar-refractivity contribution in [3.05, 3.63) is 95.0 Å². The molecule has 10 heteroatoms. The average Bonchev–Trinajstić information content (AvgIpc) is 3.03. The van der Waals surface area contributed by atoms with Gasteiger partial charge in [-0.15, -0.1) is 0 Å². The highest BCUT2D eigenvalue weighted by Crippen LogP contribution is 2.30. The molecule has 0 bridgehead atoms. The number of para-hydroxylation sites is 2. The second-order valence-electron chi connectivity index (χ2n) is 11.5. The fourth-order valence-electron chi connectivity index (χ4n) is 5.83. The highest BCUT2D eigenvalue weighted by atomic mass is 35.5. The van der Waals surface area contributed by atoms with E-state index in [2.05, 4.69) is 5.32 Å². The summed E-state index contributed by atoms with van der Waals surface area (Å²) in [7, 11) is -3.67. The van der Waals surface area contributed by atoms with E-state index < -0.39 is 16.1 Å². The number of sulfonamides is 1. The van der Waals surface area contributed by atoms with Crippen molar-refractivity contribution >= 4 is 39.1 Å². The van der Waals surface area contributed by atoms with Gasteiger partial charge in [-0.25, -0.2) is 8.42 Å². The molecule has 1 aliphatic carbocycles. The van der Waals surface area contributed by atoms with Crippen LogP contribution in [0.5, 0.6) is 5.75 Å². The van der Waals surface area contributed by atoms with Gasteiger partial charge in [0, 0.05) is 37.0 Å². The van der Waals surface area contributed by atoms with Crippen LogP contribution < -0.4 is 14.4 Å². The molecule has 0 saturated heterocycles. The predicted molar refractivity (Wildman–Crippen MR) is 180 cm³/mol. The van der Waals surface area contributed by atoms with E-state index >= 15 is 0 Å². The normalized spacial score (nSPS) is 14.4. The Bertz CT molecular complexity index is 1510. The first-order valence-electron chi connectivity index (χ1n) is 15.7. The van der Waals surface area contributed by atoms with Gasteiger partial charge in [0.2, 0.25) is 21.8 Å². The molecule has 4 rings (SSSR count). The molecule has 0 aromatic heterocycles. The van der Waals surface area contributed by atoms with E-state index in [0.29, 0.717) is 29.5 Å². The Morgan fingerprint density at radius 3 is 2.31 bits per heavy atom. The standard InChI is InChI=1S/C35H44ClN3O5S/c1-3-44-33-22-13-12-21-31(33)39(45(2,42)43)24-14-23-34(40)38(26-28-17-10-11-20-30(28)36)32(25-27-15-6-4-7-16-27)35(41)37-29-18-8-5-9-19-29/h4,6-7,10-13,15-17,20-22,29,32H,3,5,8-9,14,18-19,23-26H2,1-2H3,(H,37,41)/t32-/m1/s1. The maximum atomic E-state index is 14.1. The summed E-state index contributed by atoms with van der Waals surface area (Å²) in [6, 6.07) is 23.3. The van der Waals surface area contributed by atoms with Crippen molar-refractivity contribution < 1.29 is 22.7 Å². The Morgan fingerprint density at radius 2 is 1.62 bits per heavy atom. The molecule has 0 spiro atoms. The van der Waals surface area contributed by atoms with Crippen LogP contribution >= 0.6 is 11.6 Å². The van der Waals surface area contributed by atoms with E-state index in [4.69, 9.17) is 16.3 Å². The smallest absolute Gasteiger partial charge is 0.243 e. The molecule has 0 radical (unpaired) electrons. The van der Waals surface area contributed by atoms with Crippen molar-refractivity contribution in [1.82, 2.24) is 10.2 Å². The van der Waals surface area contributed by atoms with E-state index in [-0.39, 0.29) is 43.8 Å². The number of carbonyl (C=O) groups excluding carboxylic acids is 2. The van der Waals surface area contributed by atoms with Crippen molar-refractivity contribution in [2.45, 2.75) is 76.9 Å². The number of anilines is 1. The molecular formula is C35H44ClN3O5S.